The number of aryl methyl sites for hydroxylation is 2. The molecule has 2 aromatic carbocycles. The van der Waals surface area contributed by atoms with Crippen LogP contribution in [0.3, 0.4) is 0 Å². The van der Waals surface area contributed by atoms with Crippen molar-refractivity contribution in [2.45, 2.75) is 27.2 Å². The Hall–Kier alpha value is -3.08. The number of carbonyl (C=O) groups excluding carboxylic acids is 2. The average molecular weight is 379 g/mol. The summed E-state index contributed by atoms with van der Waals surface area (Å²) < 4.78 is 10.5. The number of furan rings is 1. The Kier molecular flexibility index (Phi) is 5.83. The van der Waals surface area contributed by atoms with Crippen LogP contribution in [0.4, 0.5) is 0 Å². The first-order valence-electron chi connectivity index (χ1n) is 9.31. The maximum atomic E-state index is 12.6. The molecule has 0 aliphatic carbocycles. The Bertz CT molecular complexity index is 1020. The van der Waals surface area contributed by atoms with Gasteiger partial charge in [-0.1, -0.05) is 42.5 Å². The predicted octanol–water partition coefficient (Wildman–Crippen LogP) is 4.12. The van der Waals surface area contributed by atoms with Crippen molar-refractivity contribution >= 4 is 22.6 Å². The highest BCUT2D eigenvalue weighted by atomic mass is 16.5. The number of amides is 1. The van der Waals surface area contributed by atoms with Gasteiger partial charge in [0.2, 0.25) is 0 Å². The van der Waals surface area contributed by atoms with Crippen molar-refractivity contribution in [3.8, 4) is 0 Å². The fraction of sp³-hybridized carbons (Fsp3) is 0.304. The van der Waals surface area contributed by atoms with E-state index in [4.69, 9.17) is 9.15 Å². The van der Waals surface area contributed by atoms with Crippen molar-refractivity contribution in [3.05, 3.63) is 70.7 Å². The number of fused-ring (bicyclic) bond motifs is 1. The highest BCUT2D eigenvalue weighted by molar-refractivity contribution is 5.97. The molecule has 28 heavy (non-hydrogen) atoms. The number of hydrogen-bond acceptors (Lipinski definition) is 4. The number of nitrogens with one attached hydrogen (secondary N) is 1. The molecule has 1 atom stereocenters. The third-order valence-corrected chi connectivity index (χ3v) is 5.13. The lowest BCUT2D eigenvalue weighted by atomic mass is 9.97. The zero-order valence-corrected chi connectivity index (χ0v) is 16.7. The monoisotopic (exact) mass is 379 g/mol. The smallest absolute Gasteiger partial charge is 0.310 e. The molecule has 1 N–H and O–H groups in total. The van der Waals surface area contributed by atoms with Crippen molar-refractivity contribution in [1.29, 1.82) is 0 Å². The second kappa shape index (κ2) is 8.30. The van der Waals surface area contributed by atoms with Crippen molar-refractivity contribution < 1.29 is 18.7 Å². The van der Waals surface area contributed by atoms with Crippen LogP contribution in [0.25, 0.3) is 10.8 Å². The molecule has 3 rings (SSSR count). The normalized spacial score (nSPS) is 12.0. The van der Waals surface area contributed by atoms with Crippen LogP contribution in [-0.2, 0) is 16.0 Å². The lowest BCUT2D eigenvalue weighted by molar-refractivity contribution is -0.145. The number of ether oxygens (including phenoxy) is 1. The molecule has 0 fully saturated rings. The molecule has 0 aliphatic heterocycles. The van der Waals surface area contributed by atoms with E-state index in [1.54, 1.807) is 6.92 Å². The minimum Gasteiger partial charge on any atom is -0.469 e. The van der Waals surface area contributed by atoms with Gasteiger partial charge in [-0.3, -0.25) is 9.59 Å². The molecule has 1 amide bonds. The fourth-order valence-electron chi connectivity index (χ4n) is 3.49. The van der Waals surface area contributed by atoms with Gasteiger partial charge in [0, 0.05) is 12.1 Å². The minimum absolute atomic E-state index is 0.196. The van der Waals surface area contributed by atoms with E-state index in [0.29, 0.717) is 17.7 Å². The molecule has 1 aromatic heterocycles. The molecule has 1 heterocycles. The van der Waals surface area contributed by atoms with Gasteiger partial charge >= 0.3 is 5.97 Å². The van der Waals surface area contributed by atoms with Crippen molar-refractivity contribution in [3.63, 3.8) is 0 Å². The Balaban J connectivity index is 1.74. The zero-order valence-electron chi connectivity index (χ0n) is 16.7. The maximum Gasteiger partial charge on any atom is 0.310 e. The lowest BCUT2D eigenvalue weighted by Gasteiger charge is -2.16. The Morgan fingerprint density at radius 3 is 2.39 bits per heavy atom. The van der Waals surface area contributed by atoms with Gasteiger partial charge in [-0.15, -0.1) is 0 Å². The number of hydrogen-bond donors (Lipinski definition) is 1. The highest BCUT2D eigenvalue weighted by Crippen LogP contribution is 2.21. The minimum atomic E-state index is -0.469. The van der Waals surface area contributed by atoms with Crippen LogP contribution in [0.15, 0.2) is 46.9 Å². The summed E-state index contributed by atoms with van der Waals surface area (Å²) in [5, 5.41) is 5.13. The topological polar surface area (TPSA) is 68.5 Å². The molecule has 0 saturated carbocycles. The maximum absolute atomic E-state index is 12.6. The summed E-state index contributed by atoms with van der Waals surface area (Å²) >= 11 is 0. The summed E-state index contributed by atoms with van der Waals surface area (Å²) in [4.78, 5) is 24.9. The molecular formula is C23H25NO4. The summed E-state index contributed by atoms with van der Waals surface area (Å²) in [5.74, 6) is 0.258. The highest BCUT2D eigenvalue weighted by Gasteiger charge is 2.23. The molecule has 5 nitrogen and oxygen atoms in total. The van der Waals surface area contributed by atoms with Crippen LogP contribution >= 0.6 is 0 Å². The van der Waals surface area contributed by atoms with Crippen LogP contribution in [-0.4, -0.2) is 25.5 Å². The van der Waals surface area contributed by atoms with E-state index < -0.39 is 5.92 Å². The van der Waals surface area contributed by atoms with E-state index in [0.717, 1.165) is 27.7 Å². The third kappa shape index (κ3) is 4.09. The molecule has 1 unspecified atom stereocenters. The van der Waals surface area contributed by atoms with E-state index in [-0.39, 0.29) is 18.4 Å². The van der Waals surface area contributed by atoms with Gasteiger partial charge < -0.3 is 14.5 Å². The molecule has 0 radical (unpaired) electrons. The van der Waals surface area contributed by atoms with E-state index in [1.807, 2.05) is 44.2 Å². The first-order valence-corrected chi connectivity index (χ1v) is 9.31. The first-order chi connectivity index (χ1) is 13.4. The van der Waals surface area contributed by atoms with Crippen LogP contribution in [0.2, 0.25) is 0 Å². The second-order valence-corrected chi connectivity index (χ2v) is 7.03. The third-order valence-electron chi connectivity index (χ3n) is 5.13. The van der Waals surface area contributed by atoms with Gasteiger partial charge in [-0.05, 0) is 43.5 Å². The van der Waals surface area contributed by atoms with Crippen LogP contribution < -0.4 is 5.32 Å². The molecule has 3 aromatic rings. The van der Waals surface area contributed by atoms with E-state index in [1.165, 1.54) is 7.11 Å². The quantitative estimate of drug-likeness (QED) is 0.654. The van der Waals surface area contributed by atoms with Crippen molar-refractivity contribution in [1.82, 2.24) is 5.32 Å². The summed E-state index contributed by atoms with van der Waals surface area (Å²) in [6.07, 6.45) is 0.486. The SMILES string of the molecule is COC(=O)C(CNC(=O)c1c(C)oc(C)c1C)Cc1ccc2ccccc2c1. The Morgan fingerprint density at radius 1 is 1.04 bits per heavy atom. The van der Waals surface area contributed by atoms with Crippen LogP contribution in [0, 0.1) is 26.7 Å². The van der Waals surface area contributed by atoms with Gasteiger partial charge in [-0.25, -0.2) is 0 Å². The molecule has 0 aliphatic rings. The standard InChI is InChI=1S/C23H25NO4/c1-14-15(2)28-16(3)21(14)22(25)24-13-20(23(26)27-4)12-17-9-10-18-7-5-6-8-19(18)11-17/h5-11,20H,12-13H2,1-4H3,(H,24,25). The number of benzene rings is 2. The Morgan fingerprint density at radius 2 is 1.75 bits per heavy atom. The van der Waals surface area contributed by atoms with Crippen molar-refractivity contribution in [2.24, 2.45) is 5.92 Å². The van der Waals surface area contributed by atoms with Gasteiger partial charge in [-0.2, -0.15) is 0 Å². The van der Waals surface area contributed by atoms with Gasteiger partial charge in [0.25, 0.3) is 5.91 Å². The van der Waals surface area contributed by atoms with Crippen LogP contribution in [0.5, 0.6) is 0 Å². The summed E-state index contributed by atoms with van der Waals surface area (Å²) in [5.41, 5.74) is 2.38. The largest absolute Gasteiger partial charge is 0.469 e. The number of methoxy groups -OCH3 is 1. The molecule has 5 heteroatoms. The predicted molar refractivity (Wildman–Crippen MR) is 108 cm³/mol. The number of esters is 1. The lowest BCUT2D eigenvalue weighted by Crippen LogP contribution is -2.35. The zero-order chi connectivity index (χ0) is 20.3. The van der Waals surface area contributed by atoms with Gasteiger partial charge in [0.05, 0.1) is 18.6 Å². The average Bonchev–Trinajstić information content (AvgIpc) is 2.95. The molecule has 0 spiro atoms. The Labute approximate surface area is 164 Å². The van der Waals surface area contributed by atoms with E-state index in [2.05, 4.69) is 17.4 Å². The summed E-state index contributed by atoms with van der Waals surface area (Å²) in [7, 11) is 1.37. The second-order valence-electron chi connectivity index (χ2n) is 7.03. The number of carbonyl (C=O) groups is 2. The summed E-state index contributed by atoms with van der Waals surface area (Å²) in [6.45, 7) is 5.65. The van der Waals surface area contributed by atoms with E-state index >= 15 is 0 Å². The summed E-state index contributed by atoms with van der Waals surface area (Å²) in [6, 6.07) is 14.2. The van der Waals surface area contributed by atoms with Crippen molar-refractivity contribution in [2.75, 3.05) is 13.7 Å². The van der Waals surface area contributed by atoms with Crippen LogP contribution in [0.1, 0.15) is 33.0 Å². The molecule has 0 bridgehead atoms. The number of rotatable bonds is 6. The molecular weight excluding hydrogens is 354 g/mol. The van der Waals surface area contributed by atoms with E-state index in [9.17, 15) is 9.59 Å². The molecule has 0 saturated heterocycles. The molecule has 146 valence electrons. The first kappa shape index (κ1) is 19.7. The van der Waals surface area contributed by atoms with Gasteiger partial charge in [0.15, 0.2) is 0 Å². The fourth-order valence-corrected chi connectivity index (χ4v) is 3.49. The van der Waals surface area contributed by atoms with Gasteiger partial charge in [0.1, 0.15) is 11.5 Å².